The van der Waals surface area contributed by atoms with Gasteiger partial charge in [-0.1, -0.05) is 6.92 Å². The molecule has 1 fully saturated rings. The van der Waals surface area contributed by atoms with Gasteiger partial charge in [-0.05, 0) is 19.3 Å². The zero-order valence-corrected chi connectivity index (χ0v) is 7.25. The second kappa shape index (κ2) is 2.73. The Kier molecular flexibility index (Phi) is 1.71. The summed E-state index contributed by atoms with van der Waals surface area (Å²) in [5, 5.41) is 0. The number of aryl methyl sites for hydroxylation is 1. The van der Waals surface area contributed by atoms with Crippen LogP contribution in [0.15, 0.2) is 6.20 Å². The van der Waals surface area contributed by atoms with Crippen LogP contribution in [-0.4, -0.2) is 9.97 Å². The zero-order chi connectivity index (χ0) is 8.55. The van der Waals surface area contributed by atoms with Crippen molar-refractivity contribution in [1.82, 2.24) is 9.97 Å². The van der Waals surface area contributed by atoms with Crippen LogP contribution < -0.4 is 5.73 Å². The summed E-state index contributed by atoms with van der Waals surface area (Å²) >= 11 is 0. The third-order valence-corrected chi connectivity index (χ3v) is 2.23. The molecule has 2 N–H and O–H groups in total. The minimum Gasteiger partial charge on any atom is -0.382 e. The fourth-order valence-corrected chi connectivity index (χ4v) is 1.29. The lowest BCUT2D eigenvalue weighted by Gasteiger charge is -2.02. The molecule has 3 heteroatoms. The standard InChI is InChI=1S/C9H13N3/c1-2-7-9(10)12-8(5-11-7)6-3-4-6/h5-6H,2-4H2,1H3,(H2,10,12). The molecule has 1 aromatic heterocycles. The van der Waals surface area contributed by atoms with Crippen molar-refractivity contribution >= 4 is 5.82 Å². The van der Waals surface area contributed by atoms with Gasteiger partial charge in [-0.15, -0.1) is 0 Å². The van der Waals surface area contributed by atoms with Crippen molar-refractivity contribution in [2.75, 3.05) is 5.73 Å². The maximum absolute atomic E-state index is 5.72. The predicted molar refractivity (Wildman–Crippen MR) is 47.8 cm³/mol. The van der Waals surface area contributed by atoms with Crippen molar-refractivity contribution in [2.45, 2.75) is 32.1 Å². The molecular weight excluding hydrogens is 150 g/mol. The van der Waals surface area contributed by atoms with Gasteiger partial charge in [0, 0.05) is 12.1 Å². The molecule has 0 unspecified atom stereocenters. The molecule has 3 nitrogen and oxygen atoms in total. The van der Waals surface area contributed by atoms with Crippen LogP contribution in [0.1, 0.15) is 37.1 Å². The summed E-state index contributed by atoms with van der Waals surface area (Å²) in [6, 6.07) is 0. The Bertz CT molecular complexity index is 292. The molecule has 0 spiro atoms. The second-order valence-corrected chi connectivity index (χ2v) is 3.25. The highest BCUT2D eigenvalue weighted by atomic mass is 14.9. The van der Waals surface area contributed by atoms with E-state index in [1.54, 1.807) is 0 Å². The Hall–Kier alpha value is -1.12. The van der Waals surface area contributed by atoms with Crippen LogP contribution in [0.3, 0.4) is 0 Å². The third-order valence-electron chi connectivity index (χ3n) is 2.23. The molecule has 12 heavy (non-hydrogen) atoms. The number of hydrogen-bond donors (Lipinski definition) is 1. The summed E-state index contributed by atoms with van der Waals surface area (Å²) in [4.78, 5) is 8.59. The second-order valence-electron chi connectivity index (χ2n) is 3.25. The van der Waals surface area contributed by atoms with Gasteiger partial charge in [-0.25, -0.2) is 4.98 Å². The highest BCUT2D eigenvalue weighted by molar-refractivity contribution is 5.35. The minimum absolute atomic E-state index is 0.613. The van der Waals surface area contributed by atoms with Gasteiger partial charge in [0.2, 0.25) is 0 Å². The number of nitrogens with zero attached hydrogens (tertiary/aromatic N) is 2. The average molecular weight is 163 g/mol. The molecule has 64 valence electrons. The summed E-state index contributed by atoms with van der Waals surface area (Å²) in [5.74, 6) is 1.26. The first-order valence-corrected chi connectivity index (χ1v) is 4.42. The van der Waals surface area contributed by atoms with E-state index < -0.39 is 0 Å². The van der Waals surface area contributed by atoms with E-state index in [0.29, 0.717) is 11.7 Å². The van der Waals surface area contributed by atoms with Crippen molar-refractivity contribution in [3.05, 3.63) is 17.6 Å². The van der Waals surface area contributed by atoms with Crippen molar-refractivity contribution in [1.29, 1.82) is 0 Å². The molecular formula is C9H13N3. The van der Waals surface area contributed by atoms with Gasteiger partial charge in [0.25, 0.3) is 0 Å². The Morgan fingerprint density at radius 3 is 2.83 bits per heavy atom. The average Bonchev–Trinajstić information content (AvgIpc) is 2.86. The molecule has 0 bridgehead atoms. The van der Waals surface area contributed by atoms with E-state index in [4.69, 9.17) is 5.73 Å². The molecule has 0 aromatic carbocycles. The first-order chi connectivity index (χ1) is 5.81. The van der Waals surface area contributed by atoms with Gasteiger partial charge < -0.3 is 5.73 Å². The molecule has 0 atom stereocenters. The molecule has 1 aromatic rings. The maximum atomic E-state index is 5.72. The number of hydrogen-bond acceptors (Lipinski definition) is 3. The lowest BCUT2D eigenvalue weighted by molar-refractivity contribution is 0.939. The van der Waals surface area contributed by atoms with Gasteiger partial charge in [-0.2, -0.15) is 0 Å². The van der Waals surface area contributed by atoms with Crippen LogP contribution >= 0.6 is 0 Å². The molecule has 0 saturated heterocycles. The Morgan fingerprint density at radius 1 is 1.58 bits per heavy atom. The van der Waals surface area contributed by atoms with Crippen molar-refractivity contribution in [2.24, 2.45) is 0 Å². The highest BCUT2D eigenvalue weighted by Gasteiger charge is 2.25. The fraction of sp³-hybridized carbons (Fsp3) is 0.556. The lowest BCUT2D eigenvalue weighted by atomic mass is 10.2. The molecule has 0 amide bonds. The van der Waals surface area contributed by atoms with Crippen LogP contribution in [0.2, 0.25) is 0 Å². The van der Waals surface area contributed by atoms with E-state index in [-0.39, 0.29) is 0 Å². The SMILES string of the molecule is CCc1ncc(C2CC2)nc1N. The smallest absolute Gasteiger partial charge is 0.145 e. The molecule has 0 radical (unpaired) electrons. The molecule has 1 aliphatic carbocycles. The molecule has 1 heterocycles. The first kappa shape index (κ1) is 7.53. The molecule has 1 aliphatic rings. The van der Waals surface area contributed by atoms with Crippen molar-refractivity contribution < 1.29 is 0 Å². The highest BCUT2D eigenvalue weighted by Crippen LogP contribution is 2.38. The topological polar surface area (TPSA) is 51.8 Å². The third kappa shape index (κ3) is 1.26. The van der Waals surface area contributed by atoms with Crippen LogP contribution in [-0.2, 0) is 6.42 Å². The number of rotatable bonds is 2. The van der Waals surface area contributed by atoms with Gasteiger partial charge in [0.05, 0.1) is 11.4 Å². The quantitative estimate of drug-likeness (QED) is 0.718. The monoisotopic (exact) mass is 163 g/mol. The Labute approximate surface area is 72.0 Å². The summed E-state index contributed by atoms with van der Waals surface area (Å²) < 4.78 is 0. The van der Waals surface area contributed by atoms with Crippen molar-refractivity contribution in [3.8, 4) is 0 Å². The Balaban J connectivity index is 2.30. The van der Waals surface area contributed by atoms with Gasteiger partial charge in [0.15, 0.2) is 0 Å². The van der Waals surface area contributed by atoms with Crippen LogP contribution in [0.5, 0.6) is 0 Å². The Morgan fingerprint density at radius 2 is 2.33 bits per heavy atom. The summed E-state index contributed by atoms with van der Waals surface area (Å²) in [5.41, 5.74) is 7.71. The molecule has 2 rings (SSSR count). The summed E-state index contributed by atoms with van der Waals surface area (Å²) in [7, 11) is 0. The summed E-state index contributed by atoms with van der Waals surface area (Å²) in [6.45, 7) is 2.04. The van der Waals surface area contributed by atoms with Gasteiger partial charge in [-0.3, -0.25) is 4.98 Å². The maximum Gasteiger partial charge on any atom is 0.145 e. The lowest BCUT2D eigenvalue weighted by Crippen LogP contribution is -2.02. The number of nitrogens with two attached hydrogens (primary N) is 1. The number of aromatic nitrogens is 2. The molecule has 0 aliphatic heterocycles. The van der Waals surface area contributed by atoms with Crippen LogP contribution in [0, 0.1) is 0 Å². The minimum atomic E-state index is 0.613. The van der Waals surface area contributed by atoms with E-state index in [1.165, 1.54) is 12.8 Å². The van der Waals surface area contributed by atoms with Crippen molar-refractivity contribution in [3.63, 3.8) is 0 Å². The van der Waals surface area contributed by atoms with E-state index in [9.17, 15) is 0 Å². The van der Waals surface area contributed by atoms with Gasteiger partial charge in [0.1, 0.15) is 5.82 Å². The fourth-order valence-electron chi connectivity index (χ4n) is 1.29. The first-order valence-electron chi connectivity index (χ1n) is 4.42. The predicted octanol–water partition coefficient (Wildman–Crippen LogP) is 1.50. The van der Waals surface area contributed by atoms with E-state index >= 15 is 0 Å². The van der Waals surface area contributed by atoms with Gasteiger partial charge >= 0.3 is 0 Å². The summed E-state index contributed by atoms with van der Waals surface area (Å²) in [6.07, 6.45) is 5.23. The normalized spacial score (nSPS) is 16.4. The van der Waals surface area contributed by atoms with E-state index in [1.807, 2.05) is 13.1 Å². The zero-order valence-electron chi connectivity index (χ0n) is 7.25. The van der Waals surface area contributed by atoms with Crippen LogP contribution in [0.4, 0.5) is 5.82 Å². The van der Waals surface area contributed by atoms with Crippen LogP contribution in [0.25, 0.3) is 0 Å². The number of anilines is 1. The largest absolute Gasteiger partial charge is 0.382 e. The van der Waals surface area contributed by atoms with E-state index in [0.717, 1.165) is 17.8 Å². The van der Waals surface area contributed by atoms with E-state index in [2.05, 4.69) is 9.97 Å². The number of nitrogen functional groups attached to an aromatic ring is 1. The molecule has 1 saturated carbocycles.